The number of hydrogen-bond donors (Lipinski definition) is 2. The van der Waals surface area contributed by atoms with Gasteiger partial charge in [-0.05, 0) is 60.9 Å². The average Bonchev–Trinajstić information content (AvgIpc) is 3.06. The second-order valence-corrected chi connectivity index (χ2v) is 6.30. The van der Waals surface area contributed by atoms with Crippen molar-refractivity contribution < 1.29 is 9.18 Å². The Morgan fingerprint density at radius 1 is 1.04 bits per heavy atom. The lowest BCUT2D eigenvalue weighted by atomic mass is 9.94. The van der Waals surface area contributed by atoms with E-state index in [1.165, 1.54) is 12.1 Å². The van der Waals surface area contributed by atoms with Gasteiger partial charge >= 0.3 is 0 Å². The molecule has 0 spiro atoms. The van der Waals surface area contributed by atoms with Crippen LogP contribution in [-0.4, -0.2) is 10.9 Å². The number of aromatic nitrogens is 1. The number of rotatable bonds is 2. The van der Waals surface area contributed by atoms with E-state index in [0.717, 1.165) is 39.3 Å². The Morgan fingerprint density at radius 3 is 2.56 bits per heavy atom. The first kappa shape index (κ1) is 15.4. The van der Waals surface area contributed by atoms with Gasteiger partial charge < -0.3 is 10.3 Å². The summed E-state index contributed by atoms with van der Waals surface area (Å²) in [6, 6.07) is 14.1. The summed E-state index contributed by atoms with van der Waals surface area (Å²) in [5, 5.41) is 2.90. The number of H-pyrrole nitrogens is 1. The minimum atomic E-state index is -0.297. The Balaban J connectivity index is 1.92. The van der Waals surface area contributed by atoms with Crippen LogP contribution in [0.15, 0.2) is 48.5 Å². The summed E-state index contributed by atoms with van der Waals surface area (Å²) < 4.78 is 13.7. The molecule has 1 aliphatic heterocycles. The molecule has 0 atom stereocenters. The smallest absolute Gasteiger partial charge is 0.256 e. The summed E-state index contributed by atoms with van der Waals surface area (Å²) in [7, 11) is 0. The lowest BCUT2D eigenvalue weighted by Gasteiger charge is -2.09. The Labute approximate surface area is 145 Å². The molecule has 2 N–H and O–H groups in total. The molecule has 0 unspecified atom stereocenters. The van der Waals surface area contributed by atoms with Crippen LogP contribution in [0.2, 0.25) is 0 Å². The van der Waals surface area contributed by atoms with Crippen molar-refractivity contribution in [2.45, 2.75) is 13.8 Å². The number of amides is 1. The number of anilines is 1. The van der Waals surface area contributed by atoms with Gasteiger partial charge in [-0.15, -0.1) is 0 Å². The summed E-state index contributed by atoms with van der Waals surface area (Å²) in [5.74, 6) is -0.445. The number of benzene rings is 2. The molecule has 1 amide bonds. The molecule has 0 fully saturated rings. The molecular formula is C21H17FN2O. The van der Waals surface area contributed by atoms with Crippen molar-refractivity contribution in [1.29, 1.82) is 0 Å². The van der Waals surface area contributed by atoms with Gasteiger partial charge in [0.1, 0.15) is 5.82 Å². The van der Waals surface area contributed by atoms with Gasteiger partial charge in [-0.3, -0.25) is 4.79 Å². The Bertz CT molecular complexity index is 1030. The molecule has 0 radical (unpaired) electrons. The highest BCUT2D eigenvalue weighted by atomic mass is 19.1. The number of aryl methyl sites for hydroxylation is 2. The predicted molar refractivity (Wildman–Crippen MR) is 98.6 cm³/mol. The van der Waals surface area contributed by atoms with Crippen LogP contribution < -0.4 is 5.32 Å². The zero-order valence-electron chi connectivity index (χ0n) is 14.0. The SMILES string of the molecule is Cc1cc(C)c(C=C2C(=O)Nc3cccc(-c4cccc(F)c4)c32)[nH]1. The van der Waals surface area contributed by atoms with E-state index < -0.39 is 0 Å². The van der Waals surface area contributed by atoms with Crippen LogP contribution in [0.1, 0.15) is 22.5 Å². The van der Waals surface area contributed by atoms with Gasteiger partial charge in [-0.1, -0.05) is 24.3 Å². The number of halogens is 1. The van der Waals surface area contributed by atoms with E-state index >= 15 is 0 Å². The third-order valence-electron chi connectivity index (χ3n) is 4.44. The van der Waals surface area contributed by atoms with Crippen LogP contribution in [0.3, 0.4) is 0 Å². The number of aromatic amines is 1. The van der Waals surface area contributed by atoms with E-state index in [1.807, 2.05) is 50.3 Å². The summed E-state index contributed by atoms with van der Waals surface area (Å²) in [6.45, 7) is 3.98. The molecule has 124 valence electrons. The predicted octanol–water partition coefficient (Wildman–Crippen LogP) is 4.93. The fraction of sp³-hybridized carbons (Fsp3) is 0.0952. The minimum absolute atomic E-state index is 0.148. The number of carbonyl (C=O) groups is 1. The highest BCUT2D eigenvalue weighted by molar-refractivity contribution is 6.36. The van der Waals surface area contributed by atoms with Crippen molar-refractivity contribution >= 4 is 23.2 Å². The molecule has 25 heavy (non-hydrogen) atoms. The van der Waals surface area contributed by atoms with Crippen molar-refractivity contribution in [3.8, 4) is 11.1 Å². The quantitative estimate of drug-likeness (QED) is 0.642. The Morgan fingerprint density at radius 2 is 1.84 bits per heavy atom. The fourth-order valence-corrected chi connectivity index (χ4v) is 3.33. The summed E-state index contributed by atoms with van der Waals surface area (Å²) in [5.41, 5.74) is 6.75. The van der Waals surface area contributed by atoms with Gasteiger partial charge in [-0.2, -0.15) is 0 Å². The standard InChI is InChI=1S/C21H17FN2O/c1-12-9-13(2)23-19(12)11-17-20-16(14-5-3-6-15(22)10-14)7-4-8-18(20)24-21(17)25/h3-11,23H,1-2H3,(H,24,25). The van der Waals surface area contributed by atoms with Gasteiger partial charge in [-0.25, -0.2) is 4.39 Å². The van der Waals surface area contributed by atoms with E-state index in [0.29, 0.717) is 5.57 Å². The van der Waals surface area contributed by atoms with Gasteiger partial charge in [0.2, 0.25) is 0 Å². The highest BCUT2D eigenvalue weighted by Crippen LogP contribution is 2.40. The van der Waals surface area contributed by atoms with E-state index in [2.05, 4.69) is 10.3 Å². The molecule has 0 saturated heterocycles. The number of carbonyl (C=O) groups excluding carboxylic acids is 1. The summed E-state index contributed by atoms with van der Waals surface area (Å²) >= 11 is 0. The van der Waals surface area contributed by atoms with Gasteiger partial charge in [0, 0.05) is 22.6 Å². The third-order valence-corrected chi connectivity index (χ3v) is 4.44. The molecule has 1 aliphatic rings. The topological polar surface area (TPSA) is 44.9 Å². The van der Waals surface area contributed by atoms with Crippen LogP contribution >= 0.6 is 0 Å². The third kappa shape index (κ3) is 2.66. The molecular weight excluding hydrogens is 315 g/mol. The zero-order valence-corrected chi connectivity index (χ0v) is 14.0. The maximum absolute atomic E-state index is 13.7. The lowest BCUT2D eigenvalue weighted by molar-refractivity contribution is -0.110. The molecule has 4 rings (SSSR count). The van der Waals surface area contributed by atoms with Crippen LogP contribution in [0.5, 0.6) is 0 Å². The molecule has 3 aromatic rings. The molecule has 2 heterocycles. The first-order valence-electron chi connectivity index (χ1n) is 8.11. The molecule has 0 bridgehead atoms. The van der Waals surface area contributed by atoms with E-state index in [1.54, 1.807) is 6.07 Å². The van der Waals surface area contributed by atoms with E-state index in [9.17, 15) is 9.18 Å². The Hall–Kier alpha value is -3.14. The summed E-state index contributed by atoms with van der Waals surface area (Å²) in [6.07, 6.45) is 1.87. The first-order valence-corrected chi connectivity index (χ1v) is 8.11. The first-order chi connectivity index (χ1) is 12.0. The number of fused-ring (bicyclic) bond motifs is 1. The molecule has 0 aliphatic carbocycles. The van der Waals surface area contributed by atoms with Gasteiger partial charge in [0.25, 0.3) is 5.91 Å². The van der Waals surface area contributed by atoms with Crippen LogP contribution in [0.25, 0.3) is 22.8 Å². The van der Waals surface area contributed by atoms with Crippen LogP contribution in [-0.2, 0) is 4.79 Å². The molecule has 3 nitrogen and oxygen atoms in total. The molecule has 4 heteroatoms. The van der Waals surface area contributed by atoms with Crippen molar-refractivity contribution in [1.82, 2.24) is 4.98 Å². The maximum atomic E-state index is 13.7. The van der Waals surface area contributed by atoms with Crippen LogP contribution in [0, 0.1) is 19.7 Å². The highest BCUT2D eigenvalue weighted by Gasteiger charge is 2.27. The normalized spacial score (nSPS) is 14.7. The van der Waals surface area contributed by atoms with Gasteiger partial charge in [0.05, 0.1) is 5.57 Å². The van der Waals surface area contributed by atoms with Crippen molar-refractivity contribution in [2.24, 2.45) is 0 Å². The number of nitrogens with one attached hydrogen (secondary N) is 2. The van der Waals surface area contributed by atoms with Crippen molar-refractivity contribution in [3.63, 3.8) is 0 Å². The minimum Gasteiger partial charge on any atom is -0.359 e. The Kier molecular flexibility index (Phi) is 3.53. The summed E-state index contributed by atoms with van der Waals surface area (Å²) in [4.78, 5) is 15.8. The van der Waals surface area contributed by atoms with E-state index in [-0.39, 0.29) is 11.7 Å². The molecule has 2 aromatic carbocycles. The van der Waals surface area contributed by atoms with Crippen LogP contribution in [0.4, 0.5) is 10.1 Å². The maximum Gasteiger partial charge on any atom is 0.256 e. The fourth-order valence-electron chi connectivity index (χ4n) is 3.33. The second kappa shape index (κ2) is 5.74. The zero-order chi connectivity index (χ0) is 17.6. The average molecular weight is 332 g/mol. The second-order valence-electron chi connectivity index (χ2n) is 6.30. The monoisotopic (exact) mass is 332 g/mol. The van der Waals surface area contributed by atoms with Crippen molar-refractivity contribution in [2.75, 3.05) is 5.32 Å². The molecule has 0 saturated carbocycles. The largest absolute Gasteiger partial charge is 0.359 e. The van der Waals surface area contributed by atoms with Crippen molar-refractivity contribution in [3.05, 3.63) is 76.9 Å². The van der Waals surface area contributed by atoms with E-state index in [4.69, 9.17) is 0 Å². The van der Waals surface area contributed by atoms with Gasteiger partial charge in [0.15, 0.2) is 0 Å². The lowest BCUT2D eigenvalue weighted by Crippen LogP contribution is -2.03. The number of hydrogen-bond acceptors (Lipinski definition) is 1. The molecule has 1 aromatic heterocycles.